The lowest BCUT2D eigenvalue weighted by atomic mass is 9.97. The molecule has 5 nitrogen and oxygen atoms in total. The van der Waals surface area contributed by atoms with Gasteiger partial charge in [0.2, 0.25) is 5.91 Å². The van der Waals surface area contributed by atoms with Gasteiger partial charge in [-0.3, -0.25) is 10.1 Å². The summed E-state index contributed by atoms with van der Waals surface area (Å²) >= 11 is 0. The maximum absolute atomic E-state index is 12.8. The van der Waals surface area contributed by atoms with Crippen molar-refractivity contribution in [3.63, 3.8) is 0 Å². The van der Waals surface area contributed by atoms with E-state index in [9.17, 15) is 9.59 Å². The van der Waals surface area contributed by atoms with Crippen molar-refractivity contribution in [1.29, 1.82) is 0 Å². The van der Waals surface area contributed by atoms with Gasteiger partial charge in [-0.2, -0.15) is 0 Å². The average molecular weight is 338 g/mol. The number of rotatable bonds is 5. The van der Waals surface area contributed by atoms with Crippen LogP contribution in [-0.4, -0.2) is 28.6 Å². The summed E-state index contributed by atoms with van der Waals surface area (Å²) in [4.78, 5) is 25.4. The Labute approximate surface area is 147 Å². The highest BCUT2D eigenvalue weighted by Gasteiger charge is 2.34. The molecule has 2 aromatic rings. The van der Waals surface area contributed by atoms with E-state index in [1.165, 1.54) is 0 Å². The van der Waals surface area contributed by atoms with Crippen LogP contribution in [0.4, 0.5) is 10.5 Å². The summed E-state index contributed by atoms with van der Waals surface area (Å²) in [5, 5.41) is 11.0. The maximum Gasteiger partial charge on any atom is 0.409 e. The molecule has 2 aromatic carbocycles. The molecule has 0 aliphatic carbocycles. The fraction of sp³-hybridized carbons (Fsp3) is 0.300. The number of hydrogen-bond acceptors (Lipinski definition) is 2. The van der Waals surface area contributed by atoms with Gasteiger partial charge in [0.1, 0.15) is 0 Å². The quantitative estimate of drug-likeness (QED) is 0.868. The number of amides is 2. The molecular weight excluding hydrogens is 316 g/mol. The van der Waals surface area contributed by atoms with E-state index in [0.717, 1.165) is 24.1 Å². The van der Waals surface area contributed by atoms with Crippen molar-refractivity contribution in [3.8, 4) is 0 Å². The van der Waals surface area contributed by atoms with E-state index in [0.29, 0.717) is 12.1 Å². The van der Waals surface area contributed by atoms with Gasteiger partial charge in [0.15, 0.2) is 0 Å². The van der Waals surface area contributed by atoms with Gasteiger partial charge in [0.05, 0.1) is 6.04 Å². The van der Waals surface area contributed by atoms with Gasteiger partial charge in [-0.1, -0.05) is 42.5 Å². The van der Waals surface area contributed by atoms with Crippen LogP contribution in [0.1, 0.15) is 30.5 Å². The monoisotopic (exact) mass is 338 g/mol. The van der Waals surface area contributed by atoms with Gasteiger partial charge < -0.3 is 10.0 Å². The molecule has 1 aliphatic rings. The first-order valence-electron chi connectivity index (χ1n) is 8.49. The average Bonchev–Trinajstić information content (AvgIpc) is 2.97. The Balaban J connectivity index is 1.63. The van der Waals surface area contributed by atoms with E-state index in [-0.39, 0.29) is 17.9 Å². The minimum atomic E-state index is -1.08. The molecule has 1 fully saturated rings. The van der Waals surface area contributed by atoms with E-state index in [1.54, 1.807) is 12.1 Å². The SMILES string of the molecule is C[C@H](c1ccccc1)N1CCC(Cc2ccc(NC(=O)O)cc2)C1=O. The van der Waals surface area contributed by atoms with Crippen molar-refractivity contribution in [1.82, 2.24) is 4.90 Å². The third-order valence-electron chi connectivity index (χ3n) is 4.79. The Morgan fingerprint density at radius 1 is 1.20 bits per heavy atom. The Bertz CT molecular complexity index is 743. The first-order valence-corrected chi connectivity index (χ1v) is 8.49. The van der Waals surface area contributed by atoms with Gasteiger partial charge in [-0.25, -0.2) is 4.79 Å². The third-order valence-corrected chi connectivity index (χ3v) is 4.79. The summed E-state index contributed by atoms with van der Waals surface area (Å²) in [7, 11) is 0. The Kier molecular flexibility index (Phi) is 5.03. The van der Waals surface area contributed by atoms with Crippen LogP contribution in [0.5, 0.6) is 0 Å². The van der Waals surface area contributed by atoms with Crippen LogP contribution in [0.3, 0.4) is 0 Å². The second kappa shape index (κ2) is 7.38. The normalized spacial score (nSPS) is 18.2. The van der Waals surface area contributed by atoms with Gasteiger partial charge >= 0.3 is 6.09 Å². The highest BCUT2D eigenvalue weighted by Crippen LogP contribution is 2.30. The summed E-state index contributed by atoms with van der Waals surface area (Å²) in [5.74, 6) is 0.188. The molecule has 1 unspecified atom stereocenters. The smallest absolute Gasteiger partial charge is 0.409 e. The van der Waals surface area contributed by atoms with Crippen molar-refractivity contribution in [2.75, 3.05) is 11.9 Å². The fourth-order valence-corrected chi connectivity index (χ4v) is 3.38. The molecule has 0 spiro atoms. The molecule has 0 aromatic heterocycles. The van der Waals surface area contributed by atoms with E-state index in [1.807, 2.05) is 35.2 Å². The molecule has 25 heavy (non-hydrogen) atoms. The highest BCUT2D eigenvalue weighted by atomic mass is 16.4. The maximum atomic E-state index is 12.8. The zero-order valence-electron chi connectivity index (χ0n) is 14.2. The molecule has 3 rings (SSSR count). The van der Waals surface area contributed by atoms with Crippen molar-refractivity contribution >= 4 is 17.7 Å². The molecule has 1 saturated heterocycles. The Morgan fingerprint density at radius 2 is 1.88 bits per heavy atom. The number of carbonyl (C=O) groups excluding carboxylic acids is 1. The number of likely N-dealkylation sites (tertiary alicyclic amines) is 1. The van der Waals surface area contributed by atoms with Crippen LogP contribution in [0.25, 0.3) is 0 Å². The van der Waals surface area contributed by atoms with Crippen LogP contribution >= 0.6 is 0 Å². The van der Waals surface area contributed by atoms with E-state index in [4.69, 9.17) is 5.11 Å². The van der Waals surface area contributed by atoms with E-state index in [2.05, 4.69) is 24.4 Å². The predicted octanol–water partition coefficient (Wildman–Crippen LogP) is 3.93. The molecule has 2 N–H and O–H groups in total. The Hall–Kier alpha value is -2.82. The number of nitrogens with one attached hydrogen (secondary N) is 1. The summed E-state index contributed by atoms with van der Waals surface area (Å²) < 4.78 is 0. The number of anilines is 1. The first-order chi connectivity index (χ1) is 12.0. The molecule has 2 amide bonds. The topological polar surface area (TPSA) is 69.6 Å². The number of benzene rings is 2. The molecule has 1 heterocycles. The van der Waals surface area contributed by atoms with E-state index >= 15 is 0 Å². The highest BCUT2D eigenvalue weighted by molar-refractivity contribution is 5.83. The molecule has 2 atom stereocenters. The van der Waals surface area contributed by atoms with Crippen molar-refractivity contribution in [2.24, 2.45) is 5.92 Å². The standard InChI is InChI=1S/C20H22N2O3/c1-14(16-5-3-2-4-6-16)22-12-11-17(19(22)23)13-15-7-9-18(10-8-15)21-20(24)25/h2-10,14,17,21H,11-13H2,1H3,(H,24,25)/t14-,17?/m1/s1. The fourth-order valence-electron chi connectivity index (χ4n) is 3.38. The zero-order chi connectivity index (χ0) is 17.8. The van der Waals surface area contributed by atoms with Crippen molar-refractivity contribution in [2.45, 2.75) is 25.8 Å². The number of carbonyl (C=O) groups is 2. The van der Waals surface area contributed by atoms with Crippen LogP contribution in [0, 0.1) is 5.92 Å². The van der Waals surface area contributed by atoms with Crippen molar-refractivity contribution < 1.29 is 14.7 Å². The lowest BCUT2D eigenvalue weighted by molar-refractivity contribution is -0.132. The molecule has 0 radical (unpaired) electrons. The minimum Gasteiger partial charge on any atom is -0.465 e. The third kappa shape index (κ3) is 3.99. The number of hydrogen-bond donors (Lipinski definition) is 2. The van der Waals surface area contributed by atoms with Crippen LogP contribution in [-0.2, 0) is 11.2 Å². The summed E-state index contributed by atoms with van der Waals surface area (Å²) in [6.45, 7) is 2.85. The lowest BCUT2D eigenvalue weighted by Gasteiger charge is -2.25. The van der Waals surface area contributed by atoms with Crippen LogP contribution in [0.15, 0.2) is 54.6 Å². The van der Waals surface area contributed by atoms with Gasteiger partial charge in [-0.15, -0.1) is 0 Å². The lowest BCUT2D eigenvalue weighted by Crippen LogP contribution is -2.30. The van der Waals surface area contributed by atoms with Gasteiger partial charge in [-0.05, 0) is 43.0 Å². The second-order valence-corrected chi connectivity index (χ2v) is 6.44. The molecule has 1 aliphatic heterocycles. The summed E-state index contributed by atoms with van der Waals surface area (Å²) in [6.07, 6.45) is 0.458. The van der Waals surface area contributed by atoms with Crippen LogP contribution < -0.4 is 5.32 Å². The first kappa shape index (κ1) is 17.0. The second-order valence-electron chi connectivity index (χ2n) is 6.44. The molecule has 0 saturated carbocycles. The summed E-state index contributed by atoms with van der Waals surface area (Å²) in [6, 6.07) is 17.4. The van der Waals surface area contributed by atoms with E-state index < -0.39 is 6.09 Å². The van der Waals surface area contributed by atoms with Crippen LogP contribution in [0.2, 0.25) is 0 Å². The molecule has 5 heteroatoms. The zero-order valence-corrected chi connectivity index (χ0v) is 14.2. The van der Waals surface area contributed by atoms with Gasteiger partial charge in [0, 0.05) is 18.2 Å². The number of carboxylic acid groups (broad SMARTS) is 1. The number of nitrogens with zero attached hydrogens (tertiary/aromatic N) is 1. The molecular formula is C20H22N2O3. The largest absolute Gasteiger partial charge is 0.465 e. The molecule has 0 bridgehead atoms. The minimum absolute atomic E-state index is 0.00977. The Morgan fingerprint density at radius 3 is 2.52 bits per heavy atom. The predicted molar refractivity (Wildman–Crippen MR) is 96.5 cm³/mol. The molecule has 130 valence electrons. The van der Waals surface area contributed by atoms with Crippen molar-refractivity contribution in [3.05, 3.63) is 65.7 Å². The van der Waals surface area contributed by atoms with Gasteiger partial charge in [0.25, 0.3) is 0 Å². The summed E-state index contributed by atoms with van der Waals surface area (Å²) in [5.41, 5.74) is 2.73.